The third kappa shape index (κ3) is 1.71. The van der Waals surface area contributed by atoms with Gasteiger partial charge < -0.3 is 0 Å². The van der Waals surface area contributed by atoms with Gasteiger partial charge in [0.25, 0.3) is 0 Å². The molecular weight excluding hydrogens is 114 g/mol. The van der Waals surface area contributed by atoms with E-state index in [-0.39, 0.29) is 0 Å². The Morgan fingerprint density at radius 1 is 1.11 bits per heavy atom. The van der Waals surface area contributed by atoms with Gasteiger partial charge in [0.15, 0.2) is 0 Å². The van der Waals surface area contributed by atoms with E-state index in [4.69, 9.17) is 0 Å². The van der Waals surface area contributed by atoms with Gasteiger partial charge in [-0.25, -0.2) is 0 Å². The highest BCUT2D eigenvalue weighted by Gasteiger charge is 1.82. The van der Waals surface area contributed by atoms with E-state index < -0.39 is 0 Å². The standard InChI is InChI=1S/C6H9N3/c7-9-8-6-4-2-1-3-5-6/h1-5,8-9H,7H2/p+1. The Morgan fingerprint density at radius 2 is 1.78 bits per heavy atom. The Hall–Kier alpha value is -1.06. The molecule has 0 fully saturated rings. The van der Waals surface area contributed by atoms with Crippen molar-refractivity contribution in [3.05, 3.63) is 30.3 Å². The van der Waals surface area contributed by atoms with Crippen LogP contribution in [0.4, 0.5) is 5.69 Å². The summed E-state index contributed by atoms with van der Waals surface area (Å²) in [7, 11) is 0. The molecule has 1 aromatic rings. The number of rotatable bonds is 2. The van der Waals surface area contributed by atoms with Crippen LogP contribution in [0.1, 0.15) is 0 Å². The fourth-order valence-corrected chi connectivity index (χ4v) is 0.624. The lowest BCUT2D eigenvalue weighted by atomic mass is 10.3. The Balaban J connectivity index is 2.61. The number of hydrazine groups is 1. The monoisotopic (exact) mass is 124 g/mol. The lowest BCUT2D eigenvalue weighted by Crippen LogP contribution is -2.67. The Kier molecular flexibility index (Phi) is 2.06. The first-order chi connectivity index (χ1) is 4.43. The molecule has 1 aromatic carbocycles. The zero-order valence-corrected chi connectivity index (χ0v) is 5.09. The molecule has 0 heterocycles. The number of benzene rings is 1. The summed E-state index contributed by atoms with van der Waals surface area (Å²) in [6.45, 7) is 0. The SMILES string of the molecule is [NH3+]NNc1ccccc1. The fourth-order valence-electron chi connectivity index (χ4n) is 0.624. The van der Waals surface area contributed by atoms with Crippen molar-refractivity contribution in [1.29, 1.82) is 0 Å². The van der Waals surface area contributed by atoms with Crippen molar-refractivity contribution in [2.45, 2.75) is 0 Å². The van der Waals surface area contributed by atoms with Crippen molar-refractivity contribution in [3.63, 3.8) is 0 Å². The molecule has 0 saturated carbocycles. The van der Waals surface area contributed by atoms with Crippen molar-refractivity contribution in [2.75, 3.05) is 5.43 Å². The normalized spacial score (nSPS) is 9.00. The van der Waals surface area contributed by atoms with E-state index in [0.29, 0.717) is 0 Å². The lowest BCUT2D eigenvalue weighted by molar-refractivity contribution is -0.435. The average Bonchev–Trinajstić information content (AvgIpc) is 1.91. The highest BCUT2D eigenvalue weighted by molar-refractivity contribution is 5.40. The summed E-state index contributed by atoms with van der Waals surface area (Å²) in [5.41, 5.74) is 6.45. The maximum absolute atomic E-state index is 3.42. The summed E-state index contributed by atoms with van der Waals surface area (Å²) >= 11 is 0. The minimum atomic E-state index is 1.02. The van der Waals surface area contributed by atoms with Gasteiger partial charge >= 0.3 is 0 Å². The minimum Gasteiger partial charge on any atom is -0.278 e. The molecule has 0 radical (unpaired) electrons. The molecule has 0 aliphatic heterocycles. The third-order valence-corrected chi connectivity index (χ3v) is 1.01. The second-order valence-corrected chi connectivity index (χ2v) is 1.67. The Bertz CT molecular complexity index is 161. The van der Waals surface area contributed by atoms with E-state index in [2.05, 4.69) is 16.8 Å². The van der Waals surface area contributed by atoms with Gasteiger partial charge in [0.05, 0.1) is 5.69 Å². The summed E-state index contributed by atoms with van der Waals surface area (Å²) in [6.07, 6.45) is 0. The molecule has 0 aromatic heterocycles. The number of para-hydroxylation sites is 1. The van der Waals surface area contributed by atoms with Crippen molar-refractivity contribution in [2.24, 2.45) is 0 Å². The highest BCUT2D eigenvalue weighted by atomic mass is 15.5. The molecule has 5 N–H and O–H groups in total. The zero-order valence-electron chi connectivity index (χ0n) is 5.09. The lowest BCUT2D eigenvalue weighted by Gasteiger charge is -1.97. The molecule has 0 saturated heterocycles. The van der Waals surface area contributed by atoms with Gasteiger partial charge in [0.1, 0.15) is 0 Å². The van der Waals surface area contributed by atoms with E-state index in [1.54, 1.807) is 0 Å². The predicted molar refractivity (Wildman–Crippen MR) is 36.1 cm³/mol. The first-order valence-electron chi connectivity index (χ1n) is 2.76. The maximum atomic E-state index is 3.42. The first kappa shape index (κ1) is 6.07. The predicted octanol–water partition coefficient (Wildman–Crippen LogP) is -0.240. The van der Waals surface area contributed by atoms with Crippen molar-refractivity contribution < 1.29 is 5.84 Å². The molecule has 0 unspecified atom stereocenters. The highest BCUT2D eigenvalue weighted by Crippen LogP contribution is 2.01. The van der Waals surface area contributed by atoms with Crippen LogP contribution >= 0.6 is 0 Å². The quantitative estimate of drug-likeness (QED) is 0.476. The van der Waals surface area contributed by atoms with Crippen LogP contribution < -0.4 is 16.8 Å². The number of hydrogen-bond donors (Lipinski definition) is 3. The molecule has 9 heavy (non-hydrogen) atoms. The molecular formula is C6H10N3+. The molecule has 0 spiro atoms. The number of quaternary nitrogens is 1. The number of hydrogen-bond acceptors (Lipinski definition) is 2. The molecule has 0 aliphatic carbocycles. The second-order valence-electron chi connectivity index (χ2n) is 1.67. The van der Waals surface area contributed by atoms with Crippen LogP contribution in [0.15, 0.2) is 30.3 Å². The van der Waals surface area contributed by atoms with E-state index in [0.717, 1.165) is 5.69 Å². The van der Waals surface area contributed by atoms with Crippen molar-refractivity contribution in [3.8, 4) is 0 Å². The summed E-state index contributed by atoms with van der Waals surface area (Å²) in [4.78, 5) is 0. The summed E-state index contributed by atoms with van der Waals surface area (Å²) in [5.74, 6) is 3.42. The van der Waals surface area contributed by atoms with E-state index in [9.17, 15) is 0 Å². The topological polar surface area (TPSA) is 51.7 Å². The zero-order chi connectivity index (χ0) is 6.53. The molecule has 3 nitrogen and oxygen atoms in total. The summed E-state index contributed by atoms with van der Waals surface area (Å²) < 4.78 is 0. The molecule has 3 heteroatoms. The van der Waals surface area contributed by atoms with Crippen LogP contribution in [0.2, 0.25) is 0 Å². The smallest absolute Gasteiger partial charge is 0.0536 e. The summed E-state index contributed by atoms with van der Waals surface area (Å²) in [6, 6.07) is 9.80. The van der Waals surface area contributed by atoms with Crippen LogP contribution in [0, 0.1) is 0 Å². The van der Waals surface area contributed by atoms with E-state index in [1.165, 1.54) is 0 Å². The van der Waals surface area contributed by atoms with Crippen molar-refractivity contribution in [1.82, 2.24) is 5.53 Å². The number of anilines is 1. The van der Waals surface area contributed by atoms with Gasteiger partial charge in [-0.2, -0.15) is 0 Å². The molecule has 0 amide bonds. The van der Waals surface area contributed by atoms with E-state index >= 15 is 0 Å². The minimum absolute atomic E-state index is 1.02. The third-order valence-electron chi connectivity index (χ3n) is 1.01. The molecule has 0 aliphatic rings. The Labute approximate surface area is 53.8 Å². The van der Waals surface area contributed by atoms with Gasteiger partial charge in [-0.1, -0.05) is 23.7 Å². The van der Waals surface area contributed by atoms with Crippen LogP contribution in [0.3, 0.4) is 0 Å². The van der Waals surface area contributed by atoms with Gasteiger partial charge in [-0.3, -0.25) is 11.3 Å². The molecule has 48 valence electrons. The molecule has 1 rings (SSSR count). The van der Waals surface area contributed by atoms with Gasteiger partial charge in [0, 0.05) is 0 Å². The molecule has 0 atom stereocenters. The van der Waals surface area contributed by atoms with Crippen molar-refractivity contribution >= 4 is 5.69 Å². The Morgan fingerprint density at radius 3 is 2.33 bits per heavy atom. The number of nitrogens with one attached hydrogen (secondary N) is 2. The second kappa shape index (κ2) is 3.06. The average molecular weight is 124 g/mol. The van der Waals surface area contributed by atoms with Crippen LogP contribution in [0.5, 0.6) is 0 Å². The molecule has 0 bridgehead atoms. The van der Waals surface area contributed by atoms with Gasteiger partial charge in [0.2, 0.25) is 0 Å². The van der Waals surface area contributed by atoms with E-state index in [1.807, 2.05) is 30.3 Å². The van der Waals surface area contributed by atoms with Crippen LogP contribution in [0.25, 0.3) is 0 Å². The van der Waals surface area contributed by atoms with Gasteiger partial charge in [-0.15, -0.1) is 0 Å². The fraction of sp³-hybridized carbons (Fsp3) is 0. The largest absolute Gasteiger partial charge is 0.278 e. The first-order valence-corrected chi connectivity index (χ1v) is 2.76. The summed E-state index contributed by atoms with van der Waals surface area (Å²) in [5, 5.41) is 0. The van der Waals surface area contributed by atoms with Gasteiger partial charge in [-0.05, 0) is 12.1 Å². The van der Waals surface area contributed by atoms with Crippen LogP contribution in [-0.2, 0) is 0 Å². The maximum Gasteiger partial charge on any atom is 0.0536 e. The van der Waals surface area contributed by atoms with Crippen LogP contribution in [-0.4, -0.2) is 0 Å².